The summed E-state index contributed by atoms with van der Waals surface area (Å²) in [4.78, 5) is 17.4. The number of aromatic nitrogens is 2. The Bertz CT molecular complexity index is 1280. The molecule has 5 heteroatoms. The molecule has 0 bridgehead atoms. The van der Waals surface area contributed by atoms with E-state index in [0.29, 0.717) is 6.42 Å². The number of benzene rings is 2. The van der Waals surface area contributed by atoms with Crippen LogP contribution in [0, 0.1) is 0 Å². The minimum absolute atomic E-state index is 0.00606. The molecule has 1 atom stereocenters. The largest absolute Gasteiger partial charge is 0.388 e. The van der Waals surface area contributed by atoms with Crippen LogP contribution in [0.3, 0.4) is 0 Å². The quantitative estimate of drug-likeness (QED) is 0.484. The minimum Gasteiger partial charge on any atom is -0.388 e. The van der Waals surface area contributed by atoms with Crippen LogP contribution in [0.15, 0.2) is 67.0 Å². The summed E-state index contributed by atoms with van der Waals surface area (Å²) in [6.07, 6.45) is 7.42. The van der Waals surface area contributed by atoms with Gasteiger partial charge in [-0.05, 0) is 48.2 Å². The summed E-state index contributed by atoms with van der Waals surface area (Å²) in [6.45, 7) is 4.31. The summed E-state index contributed by atoms with van der Waals surface area (Å²) < 4.78 is 1.64. The van der Waals surface area contributed by atoms with Gasteiger partial charge in [-0.15, -0.1) is 0 Å². The van der Waals surface area contributed by atoms with Gasteiger partial charge in [-0.3, -0.25) is 14.3 Å². The van der Waals surface area contributed by atoms with Crippen molar-refractivity contribution in [1.29, 1.82) is 0 Å². The van der Waals surface area contributed by atoms with Gasteiger partial charge in [-0.25, -0.2) is 0 Å². The molecule has 2 aromatic carbocycles. The summed E-state index contributed by atoms with van der Waals surface area (Å²) in [5.74, 6) is -0.00606. The minimum atomic E-state index is -0.510. The Morgan fingerprint density at radius 3 is 2.87 bits per heavy atom. The first-order valence-electron chi connectivity index (χ1n) is 10.9. The number of fused-ring (bicyclic) bond motifs is 2. The van der Waals surface area contributed by atoms with Crippen molar-refractivity contribution in [2.75, 3.05) is 19.6 Å². The second kappa shape index (κ2) is 8.17. The zero-order chi connectivity index (χ0) is 21.4. The fourth-order valence-electron chi connectivity index (χ4n) is 4.61. The summed E-state index contributed by atoms with van der Waals surface area (Å²) >= 11 is 0. The molecule has 31 heavy (non-hydrogen) atoms. The lowest BCUT2D eigenvalue weighted by Crippen LogP contribution is -2.30. The molecule has 0 aliphatic carbocycles. The maximum Gasteiger partial charge on any atom is 0.227 e. The molecular formula is C26H27N3O2. The first-order valence-corrected chi connectivity index (χ1v) is 10.9. The van der Waals surface area contributed by atoms with Crippen LogP contribution in [0.2, 0.25) is 0 Å². The van der Waals surface area contributed by atoms with Gasteiger partial charge in [0.1, 0.15) is 0 Å². The molecule has 4 aromatic rings. The van der Waals surface area contributed by atoms with E-state index in [9.17, 15) is 9.90 Å². The highest BCUT2D eigenvalue weighted by atomic mass is 16.3. The predicted octanol–water partition coefficient (Wildman–Crippen LogP) is 5.00. The number of aliphatic hydroxyl groups excluding tert-OH is 1. The van der Waals surface area contributed by atoms with E-state index in [1.54, 1.807) is 17.7 Å². The molecule has 158 valence electrons. The second-order valence-corrected chi connectivity index (χ2v) is 8.36. The maximum atomic E-state index is 11.7. The number of nitrogens with one attached hydrogen (secondary N) is 1. The van der Waals surface area contributed by atoms with Crippen LogP contribution in [0.25, 0.3) is 27.4 Å². The number of carbonyl (C=O) groups is 1. The summed E-state index contributed by atoms with van der Waals surface area (Å²) in [6, 6.07) is 16.2. The number of rotatable bonds is 5. The number of nitrogens with zero attached hydrogens (tertiary/aromatic N) is 2. The lowest BCUT2D eigenvalue weighted by atomic mass is 9.98. The van der Waals surface area contributed by atoms with E-state index in [1.807, 2.05) is 24.3 Å². The van der Waals surface area contributed by atoms with Crippen molar-refractivity contribution in [1.82, 2.24) is 14.5 Å². The standard InChI is InChI=1S/C26H27N3O2/c1-18(30)29-15-10-20-16-21(6-7-25(20)29)26(31)11-14-28-12-8-19(9-13-28)23-17-27-24-5-3-2-4-22(23)24/h2-8,10,15-17,26-27,31H,9,11-14H2,1H3. The second-order valence-electron chi connectivity index (χ2n) is 8.36. The molecule has 1 unspecified atom stereocenters. The third-order valence-corrected chi connectivity index (χ3v) is 6.39. The summed E-state index contributed by atoms with van der Waals surface area (Å²) in [5.41, 5.74) is 5.67. The zero-order valence-electron chi connectivity index (χ0n) is 17.7. The Morgan fingerprint density at radius 1 is 1.19 bits per heavy atom. The van der Waals surface area contributed by atoms with E-state index in [4.69, 9.17) is 0 Å². The van der Waals surface area contributed by atoms with Crippen molar-refractivity contribution in [3.05, 3.63) is 78.1 Å². The van der Waals surface area contributed by atoms with Gasteiger partial charge in [0, 0.05) is 60.8 Å². The number of para-hydroxylation sites is 1. The molecule has 2 N–H and O–H groups in total. The van der Waals surface area contributed by atoms with Crippen LogP contribution in [0.5, 0.6) is 0 Å². The van der Waals surface area contributed by atoms with E-state index in [2.05, 4.69) is 46.4 Å². The van der Waals surface area contributed by atoms with Gasteiger partial charge in [-0.1, -0.05) is 30.3 Å². The first kappa shape index (κ1) is 19.8. The molecule has 5 nitrogen and oxygen atoms in total. The Labute approximate surface area is 181 Å². The predicted molar refractivity (Wildman–Crippen MR) is 125 cm³/mol. The third-order valence-electron chi connectivity index (χ3n) is 6.39. The molecule has 0 radical (unpaired) electrons. The Kier molecular flexibility index (Phi) is 5.22. The van der Waals surface area contributed by atoms with Gasteiger partial charge in [-0.2, -0.15) is 0 Å². The Hall–Kier alpha value is -3.15. The smallest absolute Gasteiger partial charge is 0.227 e. The van der Waals surface area contributed by atoms with Crippen molar-refractivity contribution >= 4 is 33.3 Å². The topological polar surface area (TPSA) is 61.3 Å². The fraction of sp³-hybridized carbons (Fsp3) is 0.269. The molecule has 1 aliphatic heterocycles. The molecular weight excluding hydrogens is 386 g/mol. The number of aliphatic hydroxyl groups is 1. The number of aromatic amines is 1. The number of carbonyl (C=O) groups excluding carboxylic acids is 1. The maximum absolute atomic E-state index is 11.7. The van der Waals surface area contributed by atoms with Gasteiger partial charge in [0.2, 0.25) is 5.91 Å². The van der Waals surface area contributed by atoms with Crippen molar-refractivity contribution < 1.29 is 9.90 Å². The molecule has 0 amide bonds. The summed E-state index contributed by atoms with van der Waals surface area (Å²) in [5, 5.41) is 13.0. The Morgan fingerprint density at radius 2 is 2.06 bits per heavy atom. The van der Waals surface area contributed by atoms with E-state index < -0.39 is 6.10 Å². The van der Waals surface area contributed by atoms with Gasteiger partial charge in [0.05, 0.1) is 11.6 Å². The lowest BCUT2D eigenvalue weighted by Gasteiger charge is -2.27. The average molecular weight is 414 g/mol. The monoisotopic (exact) mass is 413 g/mol. The highest BCUT2D eigenvalue weighted by molar-refractivity contribution is 5.93. The SMILES string of the molecule is CC(=O)n1ccc2cc(C(O)CCN3CC=C(c4c[nH]c5ccccc45)CC3)ccc21. The lowest BCUT2D eigenvalue weighted by molar-refractivity contribution is 0.0941. The van der Waals surface area contributed by atoms with Gasteiger partial charge >= 0.3 is 0 Å². The molecule has 0 saturated heterocycles. The van der Waals surface area contributed by atoms with Crippen molar-refractivity contribution in [3.63, 3.8) is 0 Å². The summed E-state index contributed by atoms with van der Waals surface area (Å²) in [7, 11) is 0. The van der Waals surface area contributed by atoms with Crippen molar-refractivity contribution in [3.8, 4) is 0 Å². The molecule has 5 rings (SSSR count). The molecule has 0 spiro atoms. The Balaban J connectivity index is 1.22. The number of H-pyrrole nitrogens is 1. The van der Waals surface area contributed by atoms with Gasteiger partial charge < -0.3 is 10.1 Å². The van der Waals surface area contributed by atoms with Crippen LogP contribution < -0.4 is 0 Å². The highest BCUT2D eigenvalue weighted by Crippen LogP contribution is 2.30. The zero-order valence-corrected chi connectivity index (χ0v) is 17.7. The van der Waals surface area contributed by atoms with E-state index in [-0.39, 0.29) is 5.91 Å². The molecule has 0 fully saturated rings. The molecule has 0 saturated carbocycles. The van der Waals surface area contributed by atoms with Crippen LogP contribution in [0.1, 0.15) is 41.8 Å². The van der Waals surface area contributed by atoms with E-state index >= 15 is 0 Å². The molecule has 2 aromatic heterocycles. The van der Waals surface area contributed by atoms with Crippen LogP contribution in [-0.4, -0.2) is 45.1 Å². The van der Waals surface area contributed by atoms with Crippen molar-refractivity contribution in [2.24, 2.45) is 0 Å². The van der Waals surface area contributed by atoms with Crippen molar-refractivity contribution in [2.45, 2.75) is 25.9 Å². The third kappa shape index (κ3) is 3.82. The van der Waals surface area contributed by atoms with E-state index in [1.165, 1.54) is 22.0 Å². The number of hydrogen-bond donors (Lipinski definition) is 2. The van der Waals surface area contributed by atoms with E-state index in [0.717, 1.165) is 42.5 Å². The van der Waals surface area contributed by atoms with Gasteiger partial charge in [0.25, 0.3) is 0 Å². The number of hydrogen-bond acceptors (Lipinski definition) is 3. The molecule has 1 aliphatic rings. The fourth-order valence-corrected chi connectivity index (χ4v) is 4.61. The average Bonchev–Trinajstić information content (AvgIpc) is 3.42. The first-order chi connectivity index (χ1) is 15.1. The highest BCUT2D eigenvalue weighted by Gasteiger charge is 2.17. The normalized spacial score (nSPS) is 16.0. The van der Waals surface area contributed by atoms with Crippen LogP contribution in [0.4, 0.5) is 0 Å². The van der Waals surface area contributed by atoms with Gasteiger partial charge in [0.15, 0.2) is 0 Å². The van der Waals surface area contributed by atoms with Crippen LogP contribution >= 0.6 is 0 Å². The van der Waals surface area contributed by atoms with Crippen LogP contribution in [-0.2, 0) is 0 Å². The molecule has 3 heterocycles.